The normalized spacial score (nSPS) is 19.6. The smallest absolute Gasteiger partial charge is 0.159 e. The molecule has 1 aromatic carbocycles. The molecule has 1 aliphatic rings. The van der Waals surface area contributed by atoms with Gasteiger partial charge in [-0.2, -0.15) is 5.10 Å². The molecule has 4 heteroatoms. The maximum absolute atomic E-state index is 4.37. The molecule has 0 amide bonds. The highest BCUT2D eigenvalue weighted by Crippen LogP contribution is 2.29. The lowest BCUT2D eigenvalue weighted by Gasteiger charge is -2.26. The van der Waals surface area contributed by atoms with Crippen molar-refractivity contribution in [2.45, 2.75) is 18.9 Å². The van der Waals surface area contributed by atoms with E-state index >= 15 is 0 Å². The Morgan fingerprint density at radius 3 is 3.17 bits per heavy atom. The number of anilines is 1. The molecule has 1 fully saturated rings. The van der Waals surface area contributed by atoms with Gasteiger partial charge in [0.05, 0.1) is 6.20 Å². The number of rotatable bonds is 3. The van der Waals surface area contributed by atoms with Gasteiger partial charge in [0.15, 0.2) is 5.82 Å². The average molecular weight is 242 g/mol. The third-order valence-electron chi connectivity index (χ3n) is 3.64. The topological polar surface area (TPSA) is 41.0 Å². The van der Waals surface area contributed by atoms with E-state index in [4.69, 9.17) is 0 Å². The van der Waals surface area contributed by atoms with Gasteiger partial charge in [0, 0.05) is 29.9 Å². The molecule has 4 nitrogen and oxygen atoms in total. The van der Waals surface area contributed by atoms with E-state index in [0.29, 0.717) is 6.04 Å². The van der Waals surface area contributed by atoms with Gasteiger partial charge in [-0.1, -0.05) is 24.3 Å². The average Bonchev–Trinajstić information content (AvgIpc) is 2.87. The molecular formula is C14H18N4. The van der Waals surface area contributed by atoms with E-state index in [-0.39, 0.29) is 0 Å². The van der Waals surface area contributed by atoms with Crippen LogP contribution in [0.15, 0.2) is 30.5 Å². The molecule has 0 aliphatic carbocycles. The lowest BCUT2D eigenvalue weighted by atomic mass is 10.1. The van der Waals surface area contributed by atoms with Crippen molar-refractivity contribution in [3.8, 4) is 0 Å². The predicted molar refractivity (Wildman–Crippen MR) is 73.8 cm³/mol. The number of hydrogen-bond donors (Lipinski definition) is 1. The molecular weight excluding hydrogens is 224 g/mol. The minimum absolute atomic E-state index is 0.537. The zero-order valence-corrected chi connectivity index (χ0v) is 10.6. The van der Waals surface area contributed by atoms with Gasteiger partial charge in [-0.15, -0.1) is 5.10 Å². The summed E-state index contributed by atoms with van der Waals surface area (Å²) >= 11 is 0. The van der Waals surface area contributed by atoms with Gasteiger partial charge in [-0.05, 0) is 19.9 Å². The minimum Gasteiger partial charge on any atom is -0.350 e. The van der Waals surface area contributed by atoms with Crippen LogP contribution in [0.4, 0.5) is 5.82 Å². The molecule has 0 bridgehead atoms. The second-order valence-electron chi connectivity index (χ2n) is 4.80. The highest BCUT2D eigenvalue weighted by atomic mass is 15.3. The zero-order chi connectivity index (χ0) is 12.4. The van der Waals surface area contributed by atoms with Crippen molar-refractivity contribution >= 4 is 16.6 Å². The van der Waals surface area contributed by atoms with Crippen molar-refractivity contribution in [3.63, 3.8) is 0 Å². The SMILES string of the molecule is CNCC1CCCN1c1nncc2ccccc12. The van der Waals surface area contributed by atoms with Gasteiger partial charge in [0.1, 0.15) is 0 Å². The summed E-state index contributed by atoms with van der Waals surface area (Å²) in [7, 11) is 2.01. The highest BCUT2D eigenvalue weighted by molar-refractivity contribution is 5.91. The maximum atomic E-state index is 4.37. The van der Waals surface area contributed by atoms with Crippen LogP contribution in [0.25, 0.3) is 10.8 Å². The molecule has 18 heavy (non-hydrogen) atoms. The molecule has 1 N–H and O–H groups in total. The van der Waals surface area contributed by atoms with Crippen LogP contribution in [0.3, 0.4) is 0 Å². The summed E-state index contributed by atoms with van der Waals surface area (Å²) in [5.41, 5.74) is 0. The molecule has 3 rings (SSSR count). The summed E-state index contributed by atoms with van der Waals surface area (Å²) in [5.74, 6) is 1.03. The molecule has 1 unspecified atom stereocenters. The Bertz CT molecular complexity index is 535. The van der Waals surface area contributed by atoms with Gasteiger partial charge >= 0.3 is 0 Å². The Hall–Kier alpha value is -1.68. The first kappa shape index (κ1) is 11.4. The quantitative estimate of drug-likeness (QED) is 0.891. The van der Waals surface area contributed by atoms with Crippen LogP contribution in [0.2, 0.25) is 0 Å². The van der Waals surface area contributed by atoms with Gasteiger partial charge in [-0.25, -0.2) is 0 Å². The van der Waals surface area contributed by atoms with Crippen LogP contribution in [0.1, 0.15) is 12.8 Å². The number of nitrogens with zero attached hydrogens (tertiary/aromatic N) is 3. The van der Waals surface area contributed by atoms with Crippen LogP contribution in [0, 0.1) is 0 Å². The standard InChI is InChI=1S/C14H18N4/c1-15-10-12-6-4-8-18(12)14-13-7-3-2-5-11(13)9-16-17-14/h2-3,5,7,9,12,15H,4,6,8,10H2,1H3. The first-order valence-corrected chi connectivity index (χ1v) is 6.52. The van der Waals surface area contributed by atoms with Gasteiger partial charge in [-0.3, -0.25) is 0 Å². The van der Waals surface area contributed by atoms with E-state index in [1.54, 1.807) is 0 Å². The Morgan fingerprint density at radius 1 is 1.39 bits per heavy atom. The second-order valence-corrected chi connectivity index (χ2v) is 4.80. The maximum Gasteiger partial charge on any atom is 0.159 e. The zero-order valence-electron chi connectivity index (χ0n) is 10.6. The molecule has 0 spiro atoms. The second kappa shape index (κ2) is 4.90. The number of nitrogens with one attached hydrogen (secondary N) is 1. The molecule has 94 valence electrons. The largest absolute Gasteiger partial charge is 0.350 e. The van der Waals surface area contributed by atoms with E-state index in [1.165, 1.54) is 18.2 Å². The Balaban J connectivity index is 2.03. The summed E-state index contributed by atoms with van der Waals surface area (Å²) in [4.78, 5) is 2.39. The van der Waals surface area contributed by atoms with Gasteiger partial charge in [0.25, 0.3) is 0 Å². The lowest BCUT2D eigenvalue weighted by molar-refractivity contribution is 0.611. The van der Waals surface area contributed by atoms with Gasteiger partial charge < -0.3 is 10.2 Å². The molecule has 2 heterocycles. The summed E-state index contributed by atoms with van der Waals surface area (Å²) in [6.45, 7) is 2.08. The summed E-state index contributed by atoms with van der Waals surface area (Å²) in [5, 5.41) is 14.1. The predicted octanol–water partition coefficient (Wildman–Crippen LogP) is 1.82. The van der Waals surface area contributed by atoms with Crippen molar-refractivity contribution in [1.29, 1.82) is 0 Å². The number of aromatic nitrogens is 2. The van der Waals surface area contributed by atoms with Crippen molar-refractivity contribution in [2.24, 2.45) is 0 Å². The monoisotopic (exact) mass is 242 g/mol. The summed E-state index contributed by atoms with van der Waals surface area (Å²) in [6.07, 6.45) is 4.30. The number of likely N-dealkylation sites (N-methyl/N-ethyl adjacent to an activating group) is 1. The molecule has 2 aromatic rings. The molecule has 0 saturated carbocycles. The Morgan fingerprint density at radius 2 is 2.28 bits per heavy atom. The molecule has 1 aliphatic heterocycles. The summed E-state index contributed by atoms with van der Waals surface area (Å²) < 4.78 is 0. The van der Waals surface area contributed by atoms with E-state index in [9.17, 15) is 0 Å². The van der Waals surface area contributed by atoms with Gasteiger partial charge in [0.2, 0.25) is 0 Å². The van der Waals surface area contributed by atoms with Crippen LogP contribution in [-0.2, 0) is 0 Å². The fraction of sp³-hybridized carbons (Fsp3) is 0.429. The van der Waals surface area contributed by atoms with Crippen LogP contribution in [-0.4, -0.2) is 36.4 Å². The number of fused-ring (bicyclic) bond motifs is 1. The molecule has 1 saturated heterocycles. The third-order valence-corrected chi connectivity index (χ3v) is 3.64. The summed E-state index contributed by atoms with van der Waals surface area (Å²) in [6, 6.07) is 8.87. The fourth-order valence-electron chi connectivity index (χ4n) is 2.79. The van der Waals surface area contributed by atoms with Crippen molar-refractivity contribution in [2.75, 3.05) is 25.0 Å². The molecule has 0 radical (unpaired) electrons. The van der Waals surface area contributed by atoms with E-state index in [0.717, 1.165) is 24.3 Å². The van der Waals surface area contributed by atoms with Crippen molar-refractivity contribution < 1.29 is 0 Å². The van der Waals surface area contributed by atoms with Crippen LogP contribution >= 0.6 is 0 Å². The number of benzene rings is 1. The first-order chi connectivity index (χ1) is 8.90. The lowest BCUT2D eigenvalue weighted by Crippen LogP contribution is -2.37. The Kier molecular flexibility index (Phi) is 3.11. The minimum atomic E-state index is 0.537. The van der Waals surface area contributed by atoms with E-state index in [2.05, 4.69) is 38.6 Å². The van der Waals surface area contributed by atoms with Crippen LogP contribution < -0.4 is 10.2 Å². The third kappa shape index (κ3) is 1.93. The van der Waals surface area contributed by atoms with Crippen molar-refractivity contribution in [3.05, 3.63) is 30.5 Å². The van der Waals surface area contributed by atoms with E-state index in [1.807, 2.05) is 19.3 Å². The molecule has 1 atom stereocenters. The number of hydrogen-bond acceptors (Lipinski definition) is 4. The van der Waals surface area contributed by atoms with Crippen LogP contribution in [0.5, 0.6) is 0 Å². The van der Waals surface area contributed by atoms with E-state index < -0.39 is 0 Å². The Labute approximate surface area is 107 Å². The molecule has 1 aromatic heterocycles. The fourth-order valence-corrected chi connectivity index (χ4v) is 2.79. The highest BCUT2D eigenvalue weighted by Gasteiger charge is 2.26. The first-order valence-electron chi connectivity index (χ1n) is 6.52. The van der Waals surface area contributed by atoms with Crippen molar-refractivity contribution in [1.82, 2.24) is 15.5 Å².